The van der Waals surface area contributed by atoms with Crippen LogP contribution in [0.2, 0.25) is 0 Å². The summed E-state index contributed by atoms with van der Waals surface area (Å²) in [5.41, 5.74) is 0. The van der Waals surface area contributed by atoms with Gasteiger partial charge in [0.2, 0.25) is 0 Å². The van der Waals surface area contributed by atoms with Crippen LogP contribution in [0, 0.1) is 0 Å². The minimum atomic E-state index is -1.72. The number of aliphatic hydroxyl groups is 14. The van der Waals surface area contributed by atoms with Crippen LogP contribution in [0.5, 0.6) is 0 Å². The third kappa shape index (κ3) is 6.43. The van der Waals surface area contributed by atoms with Gasteiger partial charge in [-0.2, -0.15) is 0 Å². The molecule has 35 heavy (non-hydrogen) atoms. The van der Waals surface area contributed by atoms with Gasteiger partial charge in [-0.25, -0.2) is 0 Å². The molecular weight excluding hydrogens is 488 g/mol. The van der Waals surface area contributed by atoms with Crippen molar-refractivity contribution in [2.45, 2.75) is 98.0 Å². The summed E-state index contributed by atoms with van der Waals surface area (Å²) < 4.78 is 15.3. The Labute approximate surface area is 197 Å². The Morgan fingerprint density at radius 1 is 0.371 bits per heavy atom. The third-order valence-corrected chi connectivity index (χ3v) is 6.06. The van der Waals surface area contributed by atoms with E-state index in [1.165, 1.54) is 0 Å². The zero-order valence-corrected chi connectivity index (χ0v) is 18.1. The van der Waals surface area contributed by atoms with Gasteiger partial charge in [0.1, 0.15) is 85.5 Å². The summed E-state index contributed by atoms with van der Waals surface area (Å²) in [5.74, 6) is 0. The monoisotopic (exact) mass is 522 g/mol. The quantitative estimate of drug-likeness (QED) is 0.163. The molecule has 17 nitrogen and oxygen atoms in total. The van der Waals surface area contributed by atoms with Crippen LogP contribution in [0.3, 0.4) is 0 Å². The average molecular weight is 522 g/mol. The molecule has 2 heterocycles. The van der Waals surface area contributed by atoms with E-state index in [-0.39, 0.29) is 0 Å². The van der Waals surface area contributed by atoms with Gasteiger partial charge < -0.3 is 85.7 Å². The highest BCUT2D eigenvalue weighted by molar-refractivity contribution is 4.98. The molecule has 3 aliphatic rings. The van der Waals surface area contributed by atoms with Gasteiger partial charge in [0.15, 0.2) is 12.6 Å². The lowest BCUT2D eigenvalue weighted by Gasteiger charge is -2.44. The molecule has 3 rings (SSSR count). The van der Waals surface area contributed by atoms with Crippen LogP contribution >= 0.6 is 0 Å². The van der Waals surface area contributed by atoms with Crippen LogP contribution in [0.1, 0.15) is 0 Å². The fourth-order valence-electron chi connectivity index (χ4n) is 3.70. The zero-order chi connectivity index (χ0) is 26.8. The van der Waals surface area contributed by atoms with E-state index in [4.69, 9.17) is 55.1 Å². The van der Waals surface area contributed by atoms with Gasteiger partial charge in [-0.15, -0.1) is 0 Å². The molecule has 0 aromatic carbocycles. The van der Waals surface area contributed by atoms with Crippen LogP contribution in [0.15, 0.2) is 0 Å². The maximum atomic E-state index is 9.84. The Balaban J connectivity index is 0.000000303. The molecule has 0 radical (unpaired) electrons. The van der Waals surface area contributed by atoms with Gasteiger partial charge in [0.25, 0.3) is 0 Å². The van der Waals surface area contributed by atoms with E-state index in [2.05, 4.69) is 0 Å². The van der Waals surface area contributed by atoms with Crippen molar-refractivity contribution in [1.82, 2.24) is 0 Å². The summed E-state index contributed by atoms with van der Waals surface area (Å²) in [6.45, 7) is -1.33. The minimum Gasteiger partial charge on any atom is -0.394 e. The molecule has 10 atom stereocenters. The standard InChI is InChI=1S/C12H22O11.C6H12O6/c13-1-3-5(15)7(17)9(19)11(21-3)23-12-10(20)8(18)6(16)4(2-14)22-12;7-1-2(8)4(10)6(12)5(11)3(1)9/h3-20H,1-2H2;1-12H/t3-,4-,5-,6-,7+,8+,9-,10-,11-,12-;/m1./s1. The number of ether oxygens (including phenoxy) is 3. The lowest BCUT2D eigenvalue weighted by molar-refractivity contribution is -0.376. The Hall–Kier alpha value is -0.680. The normalized spacial score (nSPS) is 53.0. The number of aliphatic hydroxyl groups excluding tert-OH is 14. The molecule has 3 fully saturated rings. The van der Waals surface area contributed by atoms with Crippen molar-refractivity contribution in [3.63, 3.8) is 0 Å². The highest BCUT2D eigenvalue weighted by Gasteiger charge is 2.50. The number of hydrogen-bond donors (Lipinski definition) is 14. The minimum absolute atomic E-state index is 0.667. The molecule has 0 unspecified atom stereocenters. The molecule has 208 valence electrons. The predicted molar refractivity (Wildman–Crippen MR) is 105 cm³/mol. The topological polar surface area (TPSA) is 311 Å². The maximum Gasteiger partial charge on any atom is 0.189 e. The zero-order valence-electron chi connectivity index (χ0n) is 18.1. The van der Waals surface area contributed by atoms with E-state index in [1.807, 2.05) is 0 Å². The molecule has 14 N–H and O–H groups in total. The predicted octanol–water partition coefficient (Wildman–Crippen LogP) is -9.23. The third-order valence-electron chi connectivity index (χ3n) is 6.06. The Bertz CT molecular complexity index is 546. The molecule has 0 aromatic rings. The summed E-state index contributed by atoms with van der Waals surface area (Å²) >= 11 is 0. The Morgan fingerprint density at radius 3 is 0.829 bits per heavy atom. The first kappa shape index (κ1) is 30.5. The van der Waals surface area contributed by atoms with Crippen LogP contribution in [-0.4, -0.2) is 183 Å². The number of rotatable bonds is 4. The van der Waals surface area contributed by atoms with E-state index in [9.17, 15) is 30.6 Å². The van der Waals surface area contributed by atoms with Crippen LogP contribution < -0.4 is 0 Å². The lowest BCUT2D eigenvalue weighted by atomic mass is 9.85. The molecule has 1 saturated carbocycles. The molecule has 17 heteroatoms. The molecule has 1 aliphatic carbocycles. The lowest BCUT2D eigenvalue weighted by Crippen LogP contribution is -2.63. The molecule has 0 bridgehead atoms. The largest absolute Gasteiger partial charge is 0.394 e. The van der Waals surface area contributed by atoms with E-state index in [0.29, 0.717) is 0 Å². The van der Waals surface area contributed by atoms with Gasteiger partial charge >= 0.3 is 0 Å². The first-order valence-corrected chi connectivity index (χ1v) is 10.6. The first-order chi connectivity index (χ1) is 16.3. The maximum absolute atomic E-state index is 9.84. The van der Waals surface area contributed by atoms with E-state index in [0.717, 1.165) is 0 Å². The van der Waals surface area contributed by atoms with E-state index >= 15 is 0 Å². The van der Waals surface area contributed by atoms with Crippen molar-refractivity contribution in [1.29, 1.82) is 0 Å². The molecule has 2 saturated heterocycles. The fourth-order valence-corrected chi connectivity index (χ4v) is 3.70. The van der Waals surface area contributed by atoms with Gasteiger partial charge in [-0.3, -0.25) is 0 Å². The van der Waals surface area contributed by atoms with Gasteiger partial charge in [0, 0.05) is 0 Å². The first-order valence-electron chi connectivity index (χ1n) is 10.6. The van der Waals surface area contributed by atoms with Crippen molar-refractivity contribution < 1.29 is 85.7 Å². The van der Waals surface area contributed by atoms with Gasteiger partial charge in [0.05, 0.1) is 13.2 Å². The van der Waals surface area contributed by atoms with Crippen molar-refractivity contribution in [2.24, 2.45) is 0 Å². The van der Waals surface area contributed by atoms with Crippen molar-refractivity contribution in [3.8, 4) is 0 Å². The van der Waals surface area contributed by atoms with Crippen molar-refractivity contribution in [3.05, 3.63) is 0 Å². The summed E-state index contributed by atoms with van der Waals surface area (Å²) in [6.07, 6.45) is -25.4. The SMILES string of the molecule is OC1C(O)C(O)C(O)C(O)C1O.OC[C@H]1O[C@H](O[C@H]2O[C@H](CO)[C@@H](O)[C@H](O)[C@H]2O)[C@H](O)[C@@H](O)[C@@H]1O. The Kier molecular flexibility index (Phi) is 11.1. The van der Waals surface area contributed by atoms with Crippen LogP contribution in [0.25, 0.3) is 0 Å². The fraction of sp³-hybridized carbons (Fsp3) is 1.00. The molecular formula is C18H34O17. The summed E-state index contributed by atoms with van der Waals surface area (Å²) in [6, 6.07) is 0. The summed E-state index contributed by atoms with van der Waals surface area (Å²) in [5, 5.41) is 130. The molecule has 0 spiro atoms. The second kappa shape index (κ2) is 12.7. The highest BCUT2D eigenvalue weighted by Crippen LogP contribution is 2.28. The average Bonchev–Trinajstić information content (AvgIpc) is 2.85. The number of hydrogen-bond acceptors (Lipinski definition) is 17. The highest BCUT2D eigenvalue weighted by atomic mass is 16.8. The molecule has 0 aromatic heterocycles. The summed E-state index contributed by atoms with van der Waals surface area (Å²) in [7, 11) is 0. The second-order valence-electron chi connectivity index (χ2n) is 8.47. The summed E-state index contributed by atoms with van der Waals surface area (Å²) in [4.78, 5) is 0. The van der Waals surface area contributed by atoms with Gasteiger partial charge in [-0.1, -0.05) is 0 Å². The Morgan fingerprint density at radius 2 is 0.600 bits per heavy atom. The molecule has 0 amide bonds. The van der Waals surface area contributed by atoms with Crippen molar-refractivity contribution in [2.75, 3.05) is 13.2 Å². The van der Waals surface area contributed by atoms with Gasteiger partial charge in [-0.05, 0) is 0 Å². The second-order valence-corrected chi connectivity index (χ2v) is 8.47. The van der Waals surface area contributed by atoms with E-state index < -0.39 is 111 Å². The van der Waals surface area contributed by atoms with Crippen LogP contribution in [0.4, 0.5) is 0 Å². The smallest absolute Gasteiger partial charge is 0.189 e. The van der Waals surface area contributed by atoms with Crippen molar-refractivity contribution >= 4 is 0 Å². The van der Waals surface area contributed by atoms with E-state index in [1.54, 1.807) is 0 Å². The van der Waals surface area contributed by atoms with Crippen LogP contribution in [-0.2, 0) is 14.2 Å². The molecule has 2 aliphatic heterocycles.